The summed E-state index contributed by atoms with van der Waals surface area (Å²) in [6, 6.07) is 81.7. The number of fused-ring (bicyclic) bond motifs is 3. The maximum absolute atomic E-state index is 2.37. The zero-order valence-electron chi connectivity index (χ0n) is 34.3. The van der Waals surface area contributed by atoms with Gasteiger partial charge in [0.2, 0.25) is 0 Å². The van der Waals surface area contributed by atoms with Gasteiger partial charge in [0, 0.05) is 37.6 Å². The largest absolute Gasteiger partial charge is 0.311 e. The first-order chi connectivity index (χ1) is 30.7. The predicted molar refractivity (Wildman–Crippen MR) is 266 cm³/mol. The van der Waals surface area contributed by atoms with Gasteiger partial charge in [-0.1, -0.05) is 200 Å². The Morgan fingerprint density at radius 1 is 0.339 bits per heavy atom. The smallest absolute Gasteiger partial charge is 0.0462 e. The summed E-state index contributed by atoms with van der Waals surface area (Å²) in [5.74, 6) is 0. The van der Waals surface area contributed by atoms with Crippen LogP contribution in [0.15, 0.2) is 231 Å². The minimum Gasteiger partial charge on any atom is -0.311 e. The molecule has 0 spiro atoms. The van der Waals surface area contributed by atoms with Gasteiger partial charge >= 0.3 is 0 Å². The van der Waals surface area contributed by atoms with E-state index in [0.29, 0.717) is 0 Å². The Morgan fingerprint density at radius 3 is 1.15 bits per heavy atom. The molecule has 1 aliphatic carbocycles. The second-order valence-electron chi connectivity index (χ2n) is 16.0. The lowest BCUT2D eigenvalue weighted by atomic mass is 9.91. The lowest BCUT2D eigenvalue weighted by molar-refractivity contribution is 1.02. The summed E-state index contributed by atoms with van der Waals surface area (Å²) in [7, 11) is 0. The number of anilines is 3. The van der Waals surface area contributed by atoms with E-state index in [-0.39, 0.29) is 0 Å². The van der Waals surface area contributed by atoms with Crippen molar-refractivity contribution in [3.63, 3.8) is 0 Å². The zero-order valence-corrected chi connectivity index (χ0v) is 35.1. The summed E-state index contributed by atoms with van der Waals surface area (Å²) >= 11 is 1.97. The van der Waals surface area contributed by atoms with Crippen LogP contribution in [0.4, 0.5) is 17.1 Å². The van der Waals surface area contributed by atoms with Crippen molar-refractivity contribution in [2.75, 3.05) is 4.90 Å². The number of rotatable bonds is 9. The monoisotopic (exact) mass is 809 g/mol. The summed E-state index contributed by atoms with van der Waals surface area (Å²) in [4.78, 5) is 3.86. The highest BCUT2D eigenvalue weighted by Gasteiger charge is 2.20. The molecule has 0 atom stereocenters. The van der Waals surface area contributed by atoms with Crippen LogP contribution in [0.1, 0.15) is 16.9 Å². The Bertz CT molecular complexity index is 3150. The molecule has 62 heavy (non-hydrogen) atoms. The van der Waals surface area contributed by atoms with E-state index in [1.54, 1.807) is 0 Å². The van der Waals surface area contributed by atoms with Gasteiger partial charge in [-0.2, -0.15) is 0 Å². The van der Waals surface area contributed by atoms with E-state index in [4.69, 9.17) is 0 Å². The van der Waals surface area contributed by atoms with Crippen molar-refractivity contribution in [1.29, 1.82) is 0 Å². The minimum absolute atomic E-state index is 1.10. The predicted octanol–water partition coefficient (Wildman–Crippen LogP) is 17.3. The van der Waals surface area contributed by atoms with Crippen LogP contribution < -0.4 is 4.90 Å². The fourth-order valence-corrected chi connectivity index (χ4v) is 10.3. The van der Waals surface area contributed by atoms with E-state index in [0.717, 1.165) is 29.9 Å². The minimum atomic E-state index is 1.10. The highest BCUT2D eigenvalue weighted by atomic mass is 32.1. The van der Waals surface area contributed by atoms with Crippen molar-refractivity contribution in [2.45, 2.75) is 12.8 Å². The summed E-state index contributed by atoms with van der Waals surface area (Å²) in [6.07, 6.45) is 6.87. The normalized spacial score (nSPS) is 12.0. The highest BCUT2D eigenvalue weighted by molar-refractivity contribution is 7.20. The molecule has 9 aromatic carbocycles. The Morgan fingerprint density at radius 2 is 0.710 bits per heavy atom. The molecule has 0 saturated carbocycles. The molecule has 10 aromatic rings. The van der Waals surface area contributed by atoms with Crippen LogP contribution in [-0.4, -0.2) is 0 Å². The first kappa shape index (κ1) is 37.5. The molecular formula is C60H43NS. The highest BCUT2D eigenvalue weighted by Crippen LogP contribution is 2.46. The van der Waals surface area contributed by atoms with Crippen LogP contribution in [-0.2, 0) is 6.42 Å². The summed E-state index contributed by atoms with van der Waals surface area (Å²) in [5, 5.41) is 1.35. The van der Waals surface area contributed by atoms with Gasteiger partial charge in [-0.15, -0.1) is 11.3 Å². The maximum atomic E-state index is 2.37. The Hall–Kier alpha value is -7.52. The number of aryl methyl sites for hydroxylation is 1. The summed E-state index contributed by atoms with van der Waals surface area (Å²) in [5.41, 5.74) is 19.4. The number of allylic oxidation sites excluding steroid dienone is 1. The molecule has 294 valence electrons. The third kappa shape index (κ3) is 7.25. The standard InChI is InChI=1S/C60H43NS/c1-4-12-42(13-5-1)45-20-22-47(23-21-45)49-30-36-53(37-31-49)61(52-34-28-48(29-35-52)44-16-8-3-9-17-44)54-38-32-50(33-39-54)55-40-41-57-56-18-10-11-19-58(56)62-60(57)59(55)51-26-24-46(25-27-51)43-14-6-2-7-15-43/h1-10,12-18,20-41H,11,19H2. The van der Waals surface area contributed by atoms with Crippen molar-refractivity contribution in [3.8, 4) is 66.8 Å². The molecule has 1 aromatic heterocycles. The molecule has 0 fully saturated rings. The fraction of sp³-hybridized carbons (Fsp3) is 0.0333. The molecule has 0 N–H and O–H groups in total. The Labute approximate surface area is 368 Å². The molecule has 0 amide bonds. The molecule has 2 heteroatoms. The summed E-state index contributed by atoms with van der Waals surface area (Å²) in [6.45, 7) is 0. The average molecular weight is 810 g/mol. The number of hydrogen-bond donors (Lipinski definition) is 0. The van der Waals surface area contributed by atoms with E-state index in [2.05, 4.69) is 242 Å². The van der Waals surface area contributed by atoms with Crippen LogP contribution in [0.5, 0.6) is 0 Å². The van der Waals surface area contributed by atoms with Crippen molar-refractivity contribution >= 4 is 44.6 Å². The van der Waals surface area contributed by atoms with Crippen molar-refractivity contribution in [2.24, 2.45) is 0 Å². The SMILES string of the molecule is C1=Cc2c(sc3c(-c4ccc(-c5ccccc5)cc4)c(-c4ccc(N(c5ccc(-c6ccccc6)cc5)c5ccc(-c6ccc(-c7ccccc7)cc6)cc5)cc4)ccc23)CC1. The maximum Gasteiger partial charge on any atom is 0.0462 e. The fourth-order valence-electron chi connectivity index (χ4n) is 8.96. The van der Waals surface area contributed by atoms with E-state index in [1.165, 1.54) is 87.3 Å². The first-order valence-electron chi connectivity index (χ1n) is 21.5. The second-order valence-corrected chi connectivity index (χ2v) is 17.1. The van der Waals surface area contributed by atoms with Crippen molar-refractivity contribution < 1.29 is 0 Å². The van der Waals surface area contributed by atoms with E-state index >= 15 is 0 Å². The van der Waals surface area contributed by atoms with E-state index in [9.17, 15) is 0 Å². The summed E-state index contributed by atoms with van der Waals surface area (Å²) < 4.78 is 1.37. The van der Waals surface area contributed by atoms with Crippen LogP contribution in [0, 0.1) is 0 Å². The van der Waals surface area contributed by atoms with Crippen LogP contribution in [0.2, 0.25) is 0 Å². The van der Waals surface area contributed by atoms with Crippen LogP contribution in [0.3, 0.4) is 0 Å². The molecule has 0 radical (unpaired) electrons. The number of nitrogens with zero attached hydrogens (tertiary/aromatic N) is 1. The molecule has 0 unspecified atom stereocenters. The van der Waals surface area contributed by atoms with Crippen LogP contribution in [0.25, 0.3) is 82.9 Å². The van der Waals surface area contributed by atoms with Gasteiger partial charge in [-0.3, -0.25) is 0 Å². The topological polar surface area (TPSA) is 3.24 Å². The van der Waals surface area contributed by atoms with Gasteiger partial charge in [0.15, 0.2) is 0 Å². The van der Waals surface area contributed by atoms with Gasteiger partial charge in [-0.05, 0) is 116 Å². The lowest BCUT2D eigenvalue weighted by Crippen LogP contribution is -2.09. The average Bonchev–Trinajstić information content (AvgIpc) is 3.74. The van der Waals surface area contributed by atoms with Crippen LogP contribution >= 0.6 is 11.3 Å². The number of benzene rings is 9. The van der Waals surface area contributed by atoms with Gasteiger partial charge in [-0.25, -0.2) is 0 Å². The molecule has 1 nitrogen and oxygen atoms in total. The zero-order chi connectivity index (χ0) is 41.2. The van der Waals surface area contributed by atoms with Gasteiger partial charge in [0.05, 0.1) is 0 Å². The molecule has 0 saturated heterocycles. The quantitative estimate of drug-likeness (QED) is 0.140. The molecule has 1 aliphatic rings. The van der Waals surface area contributed by atoms with Gasteiger partial charge < -0.3 is 4.90 Å². The van der Waals surface area contributed by atoms with Crippen molar-refractivity contribution in [1.82, 2.24) is 0 Å². The lowest BCUT2D eigenvalue weighted by Gasteiger charge is -2.26. The number of hydrogen-bond acceptors (Lipinski definition) is 2. The van der Waals surface area contributed by atoms with Gasteiger partial charge in [0.25, 0.3) is 0 Å². The second kappa shape index (κ2) is 16.5. The van der Waals surface area contributed by atoms with Gasteiger partial charge in [0.1, 0.15) is 0 Å². The van der Waals surface area contributed by atoms with Crippen molar-refractivity contribution in [3.05, 3.63) is 241 Å². The first-order valence-corrected chi connectivity index (χ1v) is 22.3. The third-order valence-corrected chi connectivity index (χ3v) is 13.5. The number of thiophene rings is 1. The third-order valence-electron chi connectivity index (χ3n) is 12.2. The Kier molecular flexibility index (Phi) is 9.97. The van der Waals surface area contributed by atoms with E-state index < -0.39 is 0 Å². The Balaban J connectivity index is 0.975. The molecule has 11 rings (SSSR count). The molecular weight excluding hydrogens is 767 g/mol. The van der Waals surface area contributed by atoms with E-state index in [1.807, 2.05) is 11.3 Å². The molecule has 1 heterocycles. The molecule has 0 bridgehead atoms. The molecule has 0 aliphatic heterocycles.